The molecule has 45 heavy (non-hydrogen) atoms. The van der Waals surface area contributed by atoms with Crippen LogP contribution in [0.2, 0.25) is 5.02 Å². The lowest BCUT2D eigenvalue weighted by molar-refractivity contribution is 0.0370. The zero-order valence-corrected chi connectivity index (χ0v) is 25.6. The molecule has 0 radical (unpaired) electrons. The Morgan fingerprint density at radius 2 is 2.07 bits per heavy atom. The summed E-state index contributed by atoms with van der Waals surface area (Å²) in [5.74, 6) is -0.102. The van der Waals surface area contributed by atoms with E-state index in [0.29, 0.717) is 47.9 Å². The minimum absolute atomic E-state index is 0.00637. The van der Waals surface area contributed by atoms with Crippen molar-refractivity contribution < 1.29 is 19.0 Å². The number of nitriles is 1. The number of aliphatic hydroxyl groups is 1. The molecular weight excluding hydrogens is 599 g/mol. The van der Waals surface area contributed by atoms with E-state index < -0.39 is 5.82 Å². The first-order valence-electron chi connectivity index (χ1n) is 14.9. The van der Waals surface area contributed by atoms with Crippen molar-refractivity contribution in [2.45, 2.75) is 19.4 Å². The molecule has 4 heterocycles. The molecule has 4 aromatic rings. The number of anilines is 2. The molecule has 1 amide bonds. The summed E-state index contributed by atoms with van der Waals surface area (Å²) < 4.78 is 21.7. The summed E-state index contributed by atoms with van der Waals surface area (Å²) in [6.45, 7) is 6.94. The van der Waals surface area contributed by atoms with E-state index in [1.54, 1.807) is 29.1 Å². The number of amides is 1. The molecule has 0 bridgehead atoms. The smallest absolute Gasteiger partial charge is 0.254 e. The summed E-state index contributed by atoms with van der Waals surface area (Å²) in [6.07, 6.45) is 5.54. The summed E-state index contributed by atoms with van der Waals surface area (Å²) >= 11 is 6.35. The van der Waals surface area contributed by atoms with Crippen molar-refractivity contribution in [1.29, 1.82) is 5.26 Å². The summed E-state index contributed by atoms with van der Waals surface area (Å²) in [5, 5.41) is 25.4. The molecule has 2 saturated heterocycles. The van der Waals surface area contributed by atoms with E-state index in [1.807, 2.05) is 36.1 Å². The Balaban J connectivity index is 1.13. The summed E-state index contributed by atoms with van der Waals surface area (Å²) in [5.41, 5.74) is 3.68. The molecule has 11 nitrogen and oxygen atoms in total. The molecule has 0 spiro atoms. The Bertz CT molecular complexity index is 1750. The maximum absolute atomic E-state index is 14.8. The van der Waals surface area contributed by atoms with Crippen molar-refractivity contribution in [3.63, 3.8) is 0 Å². The van der Waals surface area contributed by atoms with E-state index in [-0.39, 0.29) is 35.3 Å². The van der Waals surface area contributed by atoms with Gasteiger partial charge in [-0.2, -0.15) is 5.26 Å². The predicted molar refractivity (Wildman–Crippen MR) is 168 cm³/mol. The van der Waals surface area contributed by atoms with Gasteiger partial charge in [-0.1, -0.05) is 11.6 Å². The van der Waals surface area contributed by atoms with Gasteiger partial charge in [0.25, 0.3) is 5.91 Å². The molecule has 2 aromatic carbocycles. The zero-order chi connectivity index (χ0) is 31.5. The number of carbonyl (C=O) groups excluding carboxylic acids is 1. The highest BCUT2D eigenvalue weighted by Crippen LogP contribution is 2.36. The number of piperazine rings is 1. The highest BCUT2D eigenvalue weighted by atomic mass is 35.5. The molecular formula is C32H34ClFN8O3. The molecule has 234 valence electrons. The number of aromatic nitrogens is 3. The molecule has 0 aliphatic carbocycles. The average Bonchev–Trinajstić information content (AvgIpc) is 3.48. The number of imidazole rings is 1. The predicted octanol–water partition coefficient (Wildman–Crippen LogP) is 3.87. The number of nitrogens with one attached hydrogen (secondary N) is 2. The number of carbonyl (C=O) groups is 1. The number of piperidine rings is 1. The van der Waals surface area contributed by atoms with E-state index in [1.165, 1.54) is 6.07 Å². The van der Waals surface area contributed by atoms with Crippen LogP contribution in [-0.2, 0) is 0 Å². The molecule has 2 aromatic heterocycles. The normalized spacial score (nSPS) is 19.0. The van der Waals surface area contributed by atoms with Gasteiger partial charge in [0.05, 0.1) is 23.0 Å². The van der Waals surface area contributed by atoms with Gasteiger partial charge in [-0.05, 0) is 61.7 Å². The molecule has 2 aliphatic rings. The Morgan fingerprint density at radius 1 is 1.24 bits per heavy atom. The average molecular weight is 633 g/mol. The van der Waals surface area contributed by atoms with E-state index in [9.17, 15) is 14.3 Å². The van der Waals surface area contributed by atoms with E-state index in [4.69, 9.17) is 21.6 Å². The van der Waals surface area contributed by atoms with Crippen LogP contribution in [-0.4, -0.2) is 93.7 Å². The van der Waals surface area contributed by atoms with Crippen molar-refractivity contribution in [3.05, 3.63) is 70.9 Å². The minimum atomic E-state index is -0.754. The Morgan fingerprint density at radius 3 is 2.82 bits per heavy atom. The molecule has 2 aliphatic heterocycles. The van der Waals surface area contributed by atoms with Crippen LogP contribution in [0.5, 0.6) is 5.75 Å². The number of hydrogen-bond donors (Lipinski definition) is 3. The molecule has 0 unspecified atom stereocenters. The number of benzene rings is 2. The van der Waals surface area contributed by atoms with Crippen LogP contribution < -0.4 is 15.4 Å². The SMILES string of the molecule is Cc1cc(Nc2nccn3c(-c4ccc(OCC#N)c(F)c4Cl)cnc23)ccc1C(=O)N1CCN(C[C@@H]2CCNC[C@@H]2O)CC1. The highest BCUT2D eigenvalue weighted by Gasteiger charge is 2.28. The quantitative estimate of drug-likeness (QED) is 0.265. The van der Waals surface area contributed by atoms with Gasteiger partial charge < -0.3 is 25.4 Å². The number of β-amino-alcohol motifs (C(OH)–C–C–N with tert-alkyl or cyclic N) is 1. The molecule has 2 fully saturated rings. The van der Waals surface area contributed by atoms with E-state index >= 15 is 0 Å². The van der Waals surface area contributed by atoms with E-state index in [2.05, 4.69) is 25.5 Å². The fraction of sp³-hybridized carbons (Fsp3) is 0.375. The monoisotopic (exact) mass is 632 g/mol. The highest BCUT2D eigenvalue weighted by molar-refractivity contribution is 6.33. The van der Waals surface area contributed by atoms with Crippen molar-refractivity contribution in [2.24, 2.45) is 5.92 Å². The van der Waals surface area contributed by atoms with Gasteiger partial charge in [0.1, 0.15) is 6.07 Å². The molecule has 6 rings (SSSR count). The van der Waals surface area contributed by atoms with Gasteiger partial charge in [0.2, 0.25) is 0 Å². The number of nitrogens with zero attached hydrogens (tertiary/aromatic N) is 6. The Kier molecular flexibility index (Phi) is 9.14. The summed E-state index contributed by atoms with van der Waals surface area (Å²) in [7, 11) is 0. The lowest BCUT2D eigenvalue weighted by atomic mass is 9.94. The largest absolute Gasteiger partial charge is 0.476 e. The van der Waals surface area contributed by atoms with Crippen LogP contribution in [0, 0.1) is 30.0 Å². The van der Waals surface area contributed by atoms with Crippen molar-refractivity contribution >= 4 is 34.7 Å². The molecule has 2 atom stereocenters. The summed E-state index contributed by atoms with van der Waals surface area (Å²) in [6, 6.07) is 10.4. The topological polar surface area (TPSA) is 131 Å². The van der Waals surface area contributed by atoms with Crippen LogP contribution >= 0.6 is 11.6 Å². The molecule has 13 heteroatoms. The number of rotatable bonds is 8. The first-order valence-corrected chi connectivity index (χ1v) is 15.3. The van der Waals surface area contributed by atoms with Crippen LogP contribution in [0.15, 0.2) is 48.9 Å². The first-order chi connectivity index (χ1) is 21.8. The zero-order valence-electron chi connectivity index (χ0n) is 24.8. The number of halogens is 2. The van der Waals surface area contributed by atoms with E-state index in [0.717, 1.165) is 43.9 Å². The number of ether oxygens (including phenoxy) is 1. The fourth-order valence-corrected chi connectivity index (χ4v) is 6.27. The number of aryl methyl sites for hydroxylation is 1. The van der Waals surface area contributed by atoms with Gasteiger partial charge >= 0.3 is 0 Å². The fourth-order valence-electron chi connectivity index (χ4n) is 6.02. The van der Waals surface area contributed by atoms with Gasteiger partial charge in [-0.3, -0.25) is 14.1 Å². The van der Waals surface area contributed by atoms with Gasteiger partial charge in [-0.15, -0.1) is 0 Å². The second-order valence-electron chi connectivity index (χ2n) is 11.4. The third kappa shape index (κ3) is 6.43. The minimum Gasteiger partial charge on any atom is -0.476 e. The van der Waals surface area contributed by atoms with Crippen LogP contribution in [0.3, 0.4) is 0 Å². The van der Waals surface area contributed by atoms with Gasteiger partial charge in [0.15, 0.2) is 29.6 Å². The van der Waals surface area contributed by atoms with Crippen LogP contribution in [0.1, 0.15) is 22.3 Å². The number of hydrogen-bond acceptors (Lipinski definition) is 9. The Hall–Kier alpha value is -4.28. The van der Waals surface area contributed by atoms with Crippen molar-refractivity contribution in [2.75, 3.05) is 57.7 Å². The summed E-state index contributed by atoms with van der Waals surface area (Å²) in [4.78, 5) is 26.6. The maximum atomic E-state index is 14.8. The standard InChI is InChI=1S/C32H34ClFN8O3/c1-20-16-22(2-3-23(20)32(44)41-13-11-40(12-14-41)19-21-6-8-36-18-26(21)43)39-30-31-38-17-25(42(31)10-9-37-30)24-4-5-27(45-15-7-35)29(34)28(24)33/h2-5,9-10,16-17,21,26,36,43H,6,8,11-15,18-19H2,1H3,(H,37,39)/t21-,26-/m0/s1. The lowest BCUT2D eigenvalue weighted by Gasteiger charge is -2.38. The second kappa shape index (κ2) is 13.4. The first kappa shape index (κ1) is 30.7. The maximum Gasteiger partial charge on any atom is 0.254 e. The third-order valence-electron chi connectivity index (χ3n) is 8.50. The second-order valence-corrected chi connectivity index (χ2v) is 11.7. The van der Waals surface area contributed by atoms with Crippen LogP contribution in [0.25, 0.3) is 16.9 Å². The van der Waals surface area contributed by atoms with Crippen molar-refractivity contribution in [1.82, 2.24) is 29.5 Å². The van der Waals surface area contributed by atoms with Gasteiger partial charge in [-0.25, -0.2) is 14.4 Å². The molecule has 3 N–H and O–H groups in total. The van der Waals surface area contributed by atoms with Crippen molar-refractivity contribution in [3.8, 4) is 23.1 Å². The van der Waals surface area contributed by atoms with Crippen LogP contribution in [0.4, 0.5) is 15.9 Å². The third-order valence-corrected chi connectivity index (χ3v) is 8.87. The number of fused-ring (bicyclic) bond motifs is 1. The molecule has 0 saturated carbocycles. The van der Waals surface area contributed by atoms with Gasteiger partial charge in [0, 0.05) is 68.5 Å². The Labute approximate surface area is 265 Å². The lowest BCUT2D eigenvalue weighted by Crippen LogP contribution is -2.52. The number of aliphatic hydroxyl groups excluding tert-OH is 1.